The second-order valence-corrected chi connectivity index (χ2v) is 4.53. The molecule has 0 radical (unpaired) electrons. The summed E-state index contributed by atoms with van der Waals surface area (Å²) in [5.74, 6) is -0.781. The minimum absolute atomic E-state index is 0.141. The van der Waals surface area contributed by atoms with Crippen LogP contribution < -0.4 is 0 Å². The lowest BCUT2D eigenvalue weighted by molar-refractivity contribution is -0.385. The van der Waals surface area contributed by atoms with Crippen molar-refractivity contribution in [2.24, 2.45) is 0 Å². The van der Waals surface area contributed by atoms with E-state index in [1.54, 1.807) is 13.8 Å². The van der Waals surface area contributed by atoms with Gasteiger partial charge in [-0.25, -0.2) is 9.48 Å². The average Bonchev–Trinajstić information content (AvgIpc) is 2.78. The van der Waals surface area contributed by atoms with E-state index in [0.717, 1.165) is 19.3 Å². The number of carbonyl (C=O) groups is 1. The van der Waals surface area contributed by atoms with E-state index >= 15 is 0 Å². The SMILES string of the molecule is CCOC(=O)c1nn(C2CCCCO2)c(C)c1[N+](=O)[O-]. The van der Waals surface area contributed by atoms with Gasteiger partial charge in [0.25, 0.3) is 0 Å². The van der Waals surface area contributed by atoms with E-state index in [-0.39, 0.29) is 24.2 Å². The van der Waals surface area contributed by atoms with E-state index in [9.17, 15) is 14.9 Å². The van der Waals surface area contributed by atoms with Crippen LogP contribution in [0.3, 0.4) is 0 Å². The fraction of sp³-hybridized carbons (Fsp3) is 0.667. The standard InChI is InChI=1S/C12H17N3O5/c1-3-19-12(16)10-11(15(17)18)8(2)14(13-10)9-6-4-5-7-20-9/h9H,3-7H2,1-2H3. The van der Waals surface area contributed by atoms with Gasteiger partial charge < -0.3 is 9.47 Å². The van der Waals surface area contributed by atoms with Crippen LogP contribution in [0.2, 0.25) is 0 Å². The Morgan fingerprint density at radius 2 is 2.35 bits per heavy atom. The van der Waals surface area contributed by atoms with E-state index < -0.39 is 10.9 Å². The summed E-state index contributed by atoms with van der Waals surface area (Å²) in [6.07, 6.45) is 2.29. The molecule has 110 valence electrons. The Hall–Kier alpha value is -1.96. The van der Waals surface area contributed by atoms with Crippen LogP contribution in [-0.4, -0.2) is 33.9 Å². The molecule has 8 nitrogen and oxygen atoms in total. The van der Waals surface area contributed by atoms with Crippen LogP contribution in [0.25, 0.3) is 0 Å². The maximum Gasteiger partial charge on any atom is 0.366 e. The summed E-state index contributed by atoms with van der Waals surface area (Å²) in [5.41, 5.74) is -0.258. The van der Waals surface area contributed by atoms with Gasteiger partial charge >= 0.3 is 11.7 Å². The number of nitro groups is 1. The molecule has 0 saturated carbocycles. The van der Waals surface area contributed by atoms with Crippen molar-refractivity contribution in [3.05, 3.63) is 21.5 Å². The highest BCUT2D eigenvalue weighted by molar-refractivity contribution is 5.92. The van der Waals surface area contributed by atoms with Crippen molar-refractivity contribution < 1.29 is 19.2 Å². The molecule has 0 N–H and O–H groups in total. The van der Waals surface area contributed by atoms with Gasteiger partial charge in [0.05, 0.1) is 11.5 Å². The number of hydrogen-bond acceptors (Lipinski definition) is 6. The lowest BCUT2D eigenvalue weighted by Crippen LogP contribution is -2.20. The van der Waals surface area contributed by atoms with E-state index in [1.807, 2.05) is 0 Å². The number of esters is 1. The molecule has 8 heteroatoms. The van der Waals surface area contributed by atoms with Crippen molar-refractivity contribution in [3.63, 3.8) is 0 Å². The molecule has 1 atom stereocenters. The second-order valence-electron chi connectivity index (χ2n) is 4.53. The Kier molecular flexibility index (Phi) is 4.33. The molecule has 0 bridgehead atoms. The first-order chi connectivity index (χ1) is 9.56. The first-order valence-corrected chi connectivity index (χ1v) is 6.58. The lowest BCUT2D eigenvalue weighted by Gasteiger charge is -2.23. The predicted molar refractivity (Wildman–Crippen MR) is 68.4 cm³/mol. The molecule has 1 saturated heterocycles. The third-order valence-electron chi connectivity index (χ3n) is 3.20. The Morgan fingerprint density at radius 1 is 1.60 bits per heavy atom. The van der Waals surface area contributed by atoms with Crippen LogP contribution in [-0.2, 0) is 9.47 Å². The molecule has 0 aromatic carbocycles. The molecule has 1 aliphatic heterocycles. The van der Waals surface area contributed by atoms with Crippen LogP contribution in [0.1, 0.15) is 48.6 Å². The molecule has 2 rings (SSSR count). The molecule has 1 aromatic rings. The molecule has 0 aliphatic carbocycles. The third kappa shape index (κ3) is 2.64. The fourth-order valence-electron chi connectivity index (χ4n) is 2.26. The first-order valence-electron chi connectivity index (χ1n) is 6.58. The lowest BCUT2D eigenvalue weighted by atomic mass is 10.2. The van der Waals surface area contributed by atoms with Gasteiger partial charge in [-0.05, 0) is 33.1 Å². The molecule has 2 heterocycles. The number of rotatable bonds is 4. The Bertz CT molecular complexity index is 519. The molecule has 0 amide bonds. The van der Waals surface area contributed by atoms with Gasteiger partial charge in [-0.15, -0.1) is 0 Å². The fourth-order valence-corrected chi connectivity index (χ4v) is 2.26. The Balaban J connectivity index is 2.41. The third-order valence-corrected chi connectivity index (χ3v) is 3.20. The van der Waals surface area contributed by atoms with Crippen LogP contribution in [0, 0.1) is 17.0 Å². The van der Waals surface area contributed by atoms with E-state index in [4.69, 9.17) is 9.47 Å². The zero-order chi connectivity index (χ0) is 14.7. The summed E-state index contributed by atoms with van der Waals surface area (Å²) in [6, 6.07) is 0. The van der Waals surface area contributed by atoms with Crippen LogP contribution in [0.4, 0.5) is 5.69 Å². The monoisotopic (exact) mass is 283 g/mol. The van der Waals surface area contributed by atoms with Crippen LogP contribution in [0.5, 0.6) is 0 Å². The predicted octanol–water partition coefficient (Wildman–Crippen LogP) is 1.98. The molecule has 1 fully saturated rings. The summed E-state index contributed by atoms with van der Waals surface area (Å²) in [6.45, 7) is 3.93. The summed E-state index contributed by atoms with van der Waals surface area (Å²) >= 11 is 0. The van der Waals surface area contributed by atoms with Crippen molar-refractivity contribution >= 4 is 11.7 Å². The normalized spacial score (nSPS) is 18.8. The summed E-state index contributed by atoms with van der Waals surface area (Å²) in [7, 11) is 0. The van der Waals surface area contributed by atoms with Crippen molar-refractivity contribution in [3.8, 4) is 0 Å². The van der Waals surface area contributed by atoms with Gasteiger partial charge in [-0.3, -0.25) is 10.1 Å². The number of hydrogen-bond donors (Lipinski definition) is 0. The van der Waals surface area contributed by atoms with Gasteiger partial charge in [0, 0.05) is 6.61 Å². The minimum Gasteiger partial charge on any atom is -0.461 e. The number of ether oxygens (including phenoxy) is 2. The highest BCUT2D eigenvalue weighted by Crippen LogP contribution is 2.30. The second kappa shape index (κ2) is 6.00. The van der Waals surface area contributed by atoms with E-state index in [2.05, 4.69) is 5.10 Å². The maximum atomic E-state index is 11.8. The highest BCUT2D eigenvalue weighted by atomic mass is 16.6. The van der Waals surface area contributed by atoms with Crippen molar-refractivity contribution in [2.75, 3.05) is 13.2 Å². The zero-order valence-electron chi connectivity index (χ0n) is 11.5. The molecule has 1 aliphatic rings. The smallest absolute Gasteiger partial charge is 0.366 e. The molecule has 1 unspecified atom stereocenters. The quantitative estimate of drug-likeness (QED) is 0.476. The Labute approximate surface area is 115 Å². The topological polar surface area (TPSA) is 96.5 Å². The van der Waals surface area contributed by atoms with Gasteiger partial charge in [-0.1, -0.05) is 0 Å². The number of carbonyl (C=O) groups excluding carboxylic acids is 1. The largest absolute Gasteiger partial charge is 0.461 e. The summed E-state index contributed by atoms with van der Waals surface area (Å²) in [4.78, 5) is 22.3. The number of nitrogens with zero attached hydrogens (tertiary/aromatic N) is 3. The molecule has 0 spiro atoms. The molecular formula is C12H17N3O5. The van der Waals surface area contributed by atoms with E-state index in [0.29, 0.717) is 12.3 Å². The Morgan fingerprint density at radius 3 is 2.90 bits per heavy atom. The van der Waals surface area contributed by atoms with E-state index in [1.165, 1.54) is 4.68 Å². The first kappa shape index (κ1) is 14.4. The van der Waals surface area contributed by atoms with Crippen molar-refractivity contribution in [1.29, 1.82) is 0 Å². The molecule has 20 heavy (non-hydrogen) atoms. The van der Waals surface area contributed by atoms with Gasteiger partial charge in [-0.2, -0.15) is 5.10 Å². The van der Waals surface area contributed by atoms with Gasteiger partial charge in [0.1, 0.15) is 5.69 Å². The van der Waals surface area contributed by atoms with Crippen molar-refractivity contribution in [2.45, 2.75) is 39.3 Å². The highest BCUT2D eigenvalue weighted by Gasteiger charge is 2.33. The van der Waals surface area contributed by atoms with Crippen LogP contribution in [0.15, 0.2) is 0 Å². The summed E-state index contributed by atoms with van der Waals surface area (Å²) in [5, 5.41) is 15.2. The minimum atomic E-state index is -0.781. The van der Waals surface area contributed by atoms with Gasteiger partial charge in [0.15, 0.2) is 6.23 Å². The van der Waals surface area contributed by atoms with Crippen molar-refractivity contribution in [1.82, 2.24) is 9.78 Å². The molecular weight excluding hydrogens is 266 g/mol. The number of aromatic nitrogens is 2. The van der Waals surface area contributed by atoms with Gasteiger partial charge in [0.2, 0.25) is 5.69 Å². The average molecular weight is 283 g/mol. The maximum absolute atomic E-state index is 11.8. The van der Waals surface area contributed by atoms with Crippen LogP contribution >= 0.6 is 0 Å². The zero-order valence-corrected chi connectivity index (χ0v) is 11.5. The summed E-state index contributed by atoms with van der Waals surface area (Å²) < 4.78 is 11.8. The molecule has 1 aromatic heterocycles.